The summed E-state index contributed by atoms with van der Waals surface area (Å²) in [6.07, 6.45) is 0. The summed E-state index contributed by atoms with van der Waals surface area (Å²) in [6.45, 7) is 16.1. The number of benzene rings is 3. The number of carbonyl (C=O) groups is 3. The van der Waals surface area contributed by atoms with Crippen LogP contribution in [0.15, 0.2) is 78.9 Å². The summed E-state index contributed by atoms with van der Waals surface area (Å²) in [7, 11) is -2.24. The molecule has 0 spiro atoms. The van der Waals surface area contributed by atoms with Crippen molar-refractivity contribution in [3.8, 4) is 17.2 Å². The van der Waals surface area contributed by atoms with Crippen LogP contribution in [0.5, 0.6) is 17.2 Å². The van der Waals surface area contributed by atoms with Gasteiger partial charge in [-0.25, -0.2) is 30.1 Å². The molecular weight excluding hydrogens is 2090 g/mol. The number of phenols is 1. The van der Waals surface area contributed by atoms with Crippen LogP contribution < -0.4 is 8.92 Å². The van der Waals surface area contributed by atoms with Crippen molar-refractivity contribution in [2.75, 3.05) is 7.11 Å². The van der Waals surface area contributed by atoms with E-state index in [4.69, 9.17) is 40.0 Å². The molecule has 0 unspecified atom stereocenters. The first-order chi connectivity index (χ1) is 32.1. The van der Waals surface area contributed by atoms with Crippen LogP contribution in [0, 0.1) is 22.3 Å². The minimum atomic E-state index is -6.85. The second kappa shape index (κ2) is 67.0. The summed E-state index contributed by atoms with van der Waals surface area (Å²) < 4.78 is 176. The molecule has 3 aromatic carbocycles. The van der Waals surface area contributed by atoms with Crippen molar-refractivity contribution in [2.24, 2.45) is 0 Å². The van der Waals surface area contributed by atoms with Crippen LogP contribution in [0.4, 0.5) is 39.5 Å². The van der Waals surface area contributed by atoms with E-state index in [0.717, 1.165) is 17.9 Å². The predicted octanol–water partition coefficient (Wildman–Crippen LogP) is 17.4. The minimum absolute atomic E-state index is 0. The number of carbonyl (C=O) groups excluding carboxylic acids is 3. The van der Waals surface area contributed by atoms with E-state index in [1.807, 2.05) is 75.5 Å². The molecule has 448 valence electrons. The molecule has 0 fully saturated rings. The van der Waals surface area contributed by atoms with Crippen LogP contribution in [-0.2, 0) is 151 Å². The third-order valence-electron chi connectivity index (χ3n) is 4.75. The third-order valence-corrected chi connectivity index (χ3v) is 8.30. The number of phenolic OH excluding ortho intramolecular Hbond substituents is 1. The molecule has 0 bridgehead atoms. The molecular formula is C37H53AlCl4F9I5O13S3V2Y3-3. The molecule has 40 heteroatoms. The molecule has 0 saturated heterocycles. The van der Waals surface area contributed by atoms with Crippen molar-refractivity contribution >= 4 is 200 Å². The van der Waals surface area contributed by atoms with Gasteiger partial charge >= 0.3 is 173 Å². The normalized spacial score (nSPS) is 9.36. The van der Waals surface area contributed by atoms with Gasteiger partial charge in [-0.2, -0.15) is 64.8 Å². The summed E-state index contributed by atoms with van der Waals surface area (Å²) in [5.41, 5.74) is -17.1. The molecule has 0 heterocycles. The molecule has 0 amide bonds. The summed E-state index contributed by atoms with van der Waals surface area (Å²) in [5.74, 6) is 0.306. The number of hydrogen-bond donors (Lipinski definition) is 1. The fourth-order valence-electron chi connectivity index (χ4n) is 2.37. The zero-order valence-corrected chi connectivity index (χ0v) is 71.3. The topological polar surface area (TPSA) is 202 Å². The van der Waals surface area contributed by atoms with Crippen LogP contribution in [-0.4, -0.2) is 82.2 Å². The first kappa shape index (κ1) is 116. The Kier molecular flexibility index (Phi) is 101. The number of para-hydroxylation sites is 1. The Morgan fingerprint density at radius 2 is 0.779 bits per heavy atom. The molecule has 0 saturated carbocycles. The van der Waals surface area contributed by atoms with E-state index >= 15 is 0 Å². The summed E-state index contributed by atoms with van der Waals surface area (Å²) in [5, 5.41) is 8.47. The van der Waals surface area contributed by atoms with Crippen LogP contribution >= 0.6 is 142 Å². The molecule has 13 nitrogen and oxygen atoms in total. The van der Waals surface area contributed by atoms with Gasteiger partial charge in [0.25, 0.3) is 0 Å². The molecule has 3 aromatic rings. The van der Waals surface area contributed by atoms with Crippen molar-refractivity contribution in [3.05, 3.63) is 112 Å². The van der Waals surface area contributed by atoms with E-state index in [-0.39, 0.29) is 153 Å². The maximum absolute atomic E-state index is 12.0. The number of ketones is 2. The number of rotatable bonds is 7. The van der Waals surface area contributed by atoms with Gasteiger partial charge in [-0.1, -0.05) is 59.7 Å². The van der Waals surface area contributed by atoms with E-state index < -0.39 is 64.0 Å². The van der Waals surface area contributed by atoms with Crippen molar-refractivity contribution in [3.63, 3.8) is 0 Å². The Labute approximate surface area is 613 Å². The van der Waals surface area contributed by atoms with Gasteiger partial charge < -0.3 is 36.3 Å². The van der Waals surface area contributed by atoms with Crippen molar-refractivity contribution < 1.29 is 209 Å². The van der Waals surface area contributed by atoms with Crippen LogP contribution in [0.3, 0.4) is 0 Å². The van der Waals surface area contributed by atoms with Gasteiger partial charge in [0.15, 0.2) is 11.6 Å². The van der Waals surface area contributed by atoms with Gasteiger partial charge in [0, 0.05) is 116 Å². The standard InChI is InChI=1S/C9H7F3O4S.C8H8O2.C7H8O.C2H3ClO.C2F6O5S2.3C2H6.3CH3.Al.3ClH.5HI.2V.3Y/c1-6(13)7-2-4-8(5-3-7)16-17(14,15)9(10,11)12;1-6(9)7-2-4-8(10)5-3-7;1-8-7-5-3-2-4-6-7;1-2(3)4;3-1(4,5)14(9,10)13-15(11,12)2(6,7)8;3*1-2;;;;;;;;;;;;;;;;;/h2-5H,1H3;2-5,10H,1H3;2-6H,1H3;1H3;;3*1-2H3;3*1H3;;8*1H;;;;;/q;;;;;;;;3*-1;+3;;;;;;;;;+2;+3;;;/p-8. The molecule has 77 heavy (non-hydrogen) atoms. The van der Waals surface area contributed by atoms with Crippen LogP contribution in [0.2, 0.25) is 0 Å². The Balaban J connectivity index is -0.0000000506. The Bertz CT molecular complexity index is 2130. The van der Waals surface area contributed by atoms with E-state index in [2.05, 4.69) is 116 Å². The number of ether oxygens (including phenoxy) is 1. The smallest absolute Gasteiger partial charge is 0 e. The number of hydrogen-bond acceptors (Lipinski definition) is 13. The van der Waals surface area contributed by atoms with Gasteiger partial charge in [0.1, 0.15) is 17.2 Å². The van der Waals surface area contributed by atoms with Gasteiger partial charge in [0.05, 0.1) is 7.11 Å². The second-order valence-corrected chi connectivity index (χ2v) is 68.5. The van der Waals surface area contributed by atoms with E-state index in [9.17, 15) is 79.2 Å². The van der Waals surface area contributed by atoms with Gasteiger partial charge in [-0.15, -0.1) is 3.63 Å². The van der Waals surface area contributed by atoms with E-state index in [1.54, 1.807) is 19.2 Å². The summed E-state index contributed by atoms with van der Waals surface area (Å²) in [4.78, 5) is 30.5. The fourth-order valence-corrected chi connectivity index (χ4v) is 4.39. The van der Waals surface area contributed by atoms with Crippen LogP contribution in [0.25, 0.3) is 0 Å². The molecule has 3 rings (SSSR count). The zero-order valence-electron chi connectivity index (χ0n) is 42.6. The summed E-state index contributed by atoms with van der Waals surface area (Å²) in [6, 6.07) is 20.1. The average Bonchev–Trinajstić information content (AvgIpc) is 3.22. The molecule has 0 aliphatic heterocycles. The molecule has 0 aliphatic carbocycles. The molecule has 0 aliphatic rings. The quantitative estimate of drug-likeness (QED) is 0.0342. The van der Waals surface area contributed by atoms with Crippen molar-refractivity contribution in [1.29, 1.82) is 0 Å². The average molecular weight is 2140 g/mol. The van der Waals surface area contributed by atoms with E-state index in [1.165, 1.54) is 45.0 Å². The van der Waals surface area contributed by atoms with Crippen LogP contribution in [0.1, 0.15) is 83.0 Å². The number of Topliss-reactive ketones (excluding diaryl/α,β-unsaturated/α-hetero) is 2. The zero-order chi connectivity index (χ0) is 58.8. The Morgan fingerprint density at radius 3 is 0.961 bits per heavy atom. The number of aromatic hydroxyl groups is 1. The van der Waals surface area contributed by atoms with Gasteiger partial charge in [-0.05, 0) is 86.1 Å². The van der Waals surface area contributed by atoms with Gasteiger partial charge in [0.2, 0.25) is 5.24 Å². The second-order valence-electron chi connectivity index (χ2n) is 9.53. The predicted molar refractivity (Wildman–Crippen MR) is 317 cm³/mol. The molecule has 1 N–H and O–H groups in total. The summed E-state index contributed by atoms with van der Waals surface area (Å²) >= 11 is 15.0. The minimum Gasteiger partial charge on any atom is 0 e. The number of alkyl halides is 9. The SMILES string of the molecule is CC.CC.CC.CC(=O)Cl.CC(=O)c1ccc(O)cc1.CC(=O)c1ccc(OS(=O)(=O)C(F)(F)F)cc1.COc1ccccc1.O=S(=O)(OS(=O)(=O)C(F)(F)F)C(F)(F)F.[CH3-].[CH3-].[CH3-].[Cl][Al]([Cl])[Cl].[I][V]([I])[I].[I][V][I].[Y].[Y].[Y]. The van der Waals surface area contributed by atoms with Crippen molar-refractivity contribution in [2.45, 2.75) is 78.8 Å². The first-order valence-electron chi connectivity index (χ1n) is 17.7. The largest absolute Gasteiger partial charge is 0 e. The molecule has 3 radical (unpaired) electrons. The molecule has 0 aromatic heterocycles. The third kappa shape index (κ3) is 77.1. The maximum Gasteiger partial charge on any atom is 0 e. The maximum atomic E-state index is 12.0. The van der Waals surface area contributed by atoms with Gasteiger partial charge in [-0.3, -0.25) is 14.4 Å². The molecule has 0 atom stereocenters. The van der Waals surface area contributed by atoms with Crippen molar-refractivity contribution in [1.82, 2.24) is 0 Å². The Hall–Kier alpha value is 5.07. The Morgan fingerprint density at radius 1 is 0.558 bits per heavy atom. The fraction of sp³-hybridized carbons (Fsp3) is 0.351. The monoisotopic (exact) mass is 2140 g/mol. The number of halogens is 18. The first-order valence-corrected chi connectivity index (χ1v) is 50.1. The van der Waals surface area contributed by atoms with E-state index in [0.29, 0.717) is 15.0 Å². The number of methoxy groups -OCH3 is 1.